The maximum atomic E-state index is 10.8. The maximum absolute atomic E-state index is 10.8. The Bertz CT molecular complexity index is 529. The van der Waals surface area contributed by atoms with Gasteiger partial charge in [0.05, 0.1) is 11.4 Å². The first-order valence-corrected chi connectivity index (χ1v) is 4.82. The van der Waals surface area contributed by atoms with E-state index in [0.717, 1.165) is 11.3 Å². The molecule has 82 valence electrons. The maximum Gasteiger partial charge on any atom is 0.358 e. The summed E-state index contributed by atoms with van der Waals surface area (Å²) >= 11 is 0. The van der Waals surface area contributed by atoms with E-state index in [9.17, 15) is 4.79 Å². The van der Waals surface area contributed by atoms with Crippen LogP contribution < -0.4 is 0 Å². The van der Waals surface area contributed by atoms with Gasteiger partial charge in [-0.15, -0.1) is 5.10 Å². The average molecular weight is 217 g/mol. The number of hydrogen-bond donors (Lipinski definition) is 1. The van der Waals surface area contributed by atoms with Gasteiger partial charge >= 0.3 is 5.97 Å². The topological polar surface area (TPSA) is 68.0 Å². The number of hydrogen-bond acceptors (Lipinski definition) is 3. The zero-order valence-corrected chi connectivity index (χ0v) is 9.01. The second-order valence-electron chi connectivity index (χ2n) is 3.56. The molecule has 5 heteroatoms. The van der Waals surface area contributed by atoms with E-state index in [1.54, 1.807) is 6.92 Å². The van der Waals surface area contributed by atoms with Gasteiger partial charge in [0.1, 0.15) is 0 Å². The monoisotopic (exact) mass is 217 g/mol. The van der Waals surface area contributed by atoms with Crippen LogP contribution in [0.1, 0.15) is 21.7 Å². The highest BCUT2D eigenvalue weighted by Crippen LogP contribution is 2.09. The Balaban J connectivity index is 2.45. The molecule has 1 heterocycles. The van der Waals surface area contributed by atoms with Gasteiger partial charge in [0.15, 0.2) is 5.69 Å². The largest absolute Gasteiger partial charge is 0.476 e. The Labute approximate surface area is 92.3 Å². The average Bonchev–Trinajstić information content (AvgIpc) is 2.61. The Kier molecular flexibility index (Phi) is 2.44. The first-order chi connectivity index (χ1) is 7.58. The molecule has 0 aliphatic heterocycles. The van der Waals surface area contributed by atoms with Crippen molar-refractivity contribution in [1.82, 2.24) is 15.0 Å². The zero-order chi connectivity index (χ0) is 11.7. The molecule has 0 amide bonds. The second kappa shape index (κ2) is 3.77. The number of carbonyl (C=O) groups is 1. The van der Waals surface area contributed by atoms with Crippen molar-refractivity contribution in [2.45, 2.75) is 13.8 Å². The molecule has 0 bridgehead atoms. The van der Waals surface area contributed by atoms with Crippen molar-refractivity contribution in [3.63, 3.8) is 0 Å². The first-order valence-electron chi connectivity index (χ1n) is 4.82. The van der Waals surface area contributed by atoms with Crippen LogP contribution in [0.2, 0.25) is 0 Å². The van der Waals surface area contributed by atoms with Crippen molar-refractivity contribution < 1.29 is 9.90 Å². The van der Waals surface area contributed by atoms with E-state index in [1.165, 1.54) is 4.80 Å². The molecule has 16 heavy (non-hydrogen) atoms. The van der Waals surface area contributed by atoms with E-state index in [4.69, 9.17) is 5.11 Å². The minimum atomic E-state index is -1.06. The number of aromatic carboxylic acids is 1. The van der Waals surface area contributed by atoms with E-state index in [-0.39, 0.29) is 5.69 Å². The van der Waals surface area contributed by atoms with Crippen LogP contribution in [0.4, 0.5) is 0 Å². The normalized spacial score (nSPS) is 10.4. The minimum Gasteiger partial charge on any atom is -0.476 e. The lowest BCUT2D eigenvalue weighted by Crippen LogP contribution is -2.02. The molecule has 1 aromatic heterocycles. The highest BCUT2D eigenvalue weighted by Gasteiger charge is 2.14. The SMILES string of the molecule is Cc1ccc(-n2nc(C)c(C(=O)O)n2)cc1. The number of aryl methyl sites for hydroxylation is 2. The summed E-state index contributed by atoms with van der Waals surface area (Å²) in [6.45, 7) is 3.61. The lowest BCUT2D eigenvalue weighted by atomic mass is 10.2. The summed E-state index contributed by atoms with van der Waals surface area (Å²) < 4.78 is 0. The van der Waals surface area contributed by atoms with E-state index in [2.05, 4.69) is 10.2 Å². The Morgan fingerprint density at radius 2 is 1.81 bits per heavy atom. The molecule has 0 atom stereocenters. The van der Waals surface area contributed by atoms with Gasteiger partial charge in [-0.05, 0) is 26.0 Å². The molecule has 0 saturated heterocycles. The quantitative estimate of drug-likeness (QED) is 0.829. The highest BCUT2D eigenvalue weighted by atomic mass is 16.4. The van der Waals surface area contributed by atoms with Crippen molar-refractivity contribution in [2.24, 2.45) is 0 Å². The molecular formula is C11H11N3O2. The number of rotatable bonds is 2. The Hall–Kier alpha value is -2.17. The fourth-order valence-electron chi connectivity index (χ4n) is 1.37. The van der Waals surface area contributed by atoms with Crippen LogP contribution in [-0.2, 0) is 0 Å². The third kappa shape index (κ3) is 1.79. The fraction of sp³-hybridized carbons (Fsp3) is 0.182. The highest BCUT2D eigenvalue weighted by molar-refractivity contribution is 5.86. The van der Waals surface area contributed by atoms with Crippen LogP contribution in [0.3, 0.4) is 0 Å². The predicted molar refractivity (Wildman–Crippen MR) is 57.8 cm³/mol. The molecule has 5 nitrogen and oxygen atoms in total. The molecule has 0 radical (unpaired) electrons. The number of carboxylic acids is 1. The van der Waals surface area contributed by atoms with Crippen molar-refractivity contribution >= 4 is 5.97 Å². The van der Waals surface area contributed by atoms with Crippen LogP contribution in [-0.4, -0.2) is 26.1 Å². The third-order valence-electron chi connectivity index (χ3n) is 2.25. The predicted octanol–water partition coefficient (Wildman–Crippen LogP) is 1.58. The molecule has 2 rings (SSSR count). The van der Waals surface area contributed by atoms with Gasteiger partial charge in [0, 0.05) is 0 Å². The van der Waals surface area contributed by atoms with E-state index in [0.29, 0.717) is 5.69 Å². The number of aromatic nitrogens is 3. The number of carboxylic acid groups (broad SMARTS) is 1. The third-order valence-corrected chi connectivity index (χ3v) is 2.25. The summed E-state index contributed by atoms with van der Waals surface area (Å²) in [7, 11) is 0. The van der Waals surface area contributed by atoms with Crippen LogP contribution in [0, 0.1) is 13.8 Å². The van der Waals surface area contributed by atoms with Crippen molar-refractivity contribution in [3.05, 3.63) is 41.2 Å². The Morgan fingerprint density at radius 3 is 2.31 bits per heavy atom. The van der Waals surface area contributed by atoms with Gasteiger partial charge in [-0.25, -0.2) is 4.79 Å². The van der Waals surface area contributed by atoms with E-state index < -0.39 is 5.97 Å². The fourth-order valence-corrected chi connectivity index (χ4v) is 1.37. The molecule has 0 fully saturated rings. The molecule has 1 aromatic carbocycles. The smallest absolute Gasteiger partial charge is 0.358 e. The molecule has 0 aliphatic rings. The summed E-state index contributed by atoms with van der Waals surface area (Å²) in [6, 6.07) is 7.55. The summed E-state index contributed by atoms with van der Waals surface area (Å²) in [6.07, 6.45) is 0. The molecule has 0 spiro atoms. The van der Waals surface area contributed by atoms with Gasteiger partial charge in [-0.2, -0.15) is 9.90 Å². The van der Waals surface area contributed by atoms with Crippen LogP contribution in [0.25, 0.3) is 5.69 Å². The Morgan fingerprint density at radius 1 is 1.19 bits per heavy atom. The molecule has 2 aromatic rings. The summed E-state index contributed by atoms with van der Waals surface area (Å²) in [5.74, 6) is -1.06. The van der Waals surface area contributed by atoms with Gasteiger partial charge < -0.3 is 5.11 Å². The zero-order valence-electron chi connectivity index (χ0n) is 9.01. The molecule has 0 aliphatic carbocycles. The standard InChI is InChI=1S/C11H11N3O2/c1-7-3-5-9(6-4-7)14-12-8(2)10(13-14)11(15)16/h3-6H,1-2H3,(H,15,16). The minimum absolute atomic E-state index is 0.0134. The van der Waals surface area contributed by atoms with Gasteiger partial charge in [0.2, 0.25) is 0 Å². The lowest BCUT2D eigenvalue weighted by molar-refractivity contribution is 0.0689. The van der Waals surface area contributed by atoms with Gasteiger partial charge in [-0.3, -0.25) is 0 Å². The second-order valence-corrected chi connectivity index (χ2v) is 3.56. The summed E-state index contributed by atoms with van der Waals surface area (Å²) in [5.41, 5.74) is 2.28. The van der Waals surface area contributed by atoms with Crippen LogP contribution in [0.5, 0.6) is 0 Å². The summed E-state index contributed by atoms with van der Waals surface area (Å²) in [4.78, 5) is 12.1. The van der Waals surface area contributed by atoms with Crippen LogP contribution >= 0.6 is 0 Å². The number of benzene rings is 1. The van der Waals surface area contributed by atoms with Gasteiger partial charge in [0.25, 0.3) is 0 Å². The molecule has 0 saturated carbocycles. The van der Waals surface area contributed by atoms with Crippen molar-refractivity contribution in [1.29, 1.82) is 0 Å². The van der Waals surface area contributed by atoms with E-state index in [1.807, 2.05) is 31.2 Å². The molecule has 1 N–H and O–H groups in total. The van der Waals surface area contributed by atoms with Crippen molar-refractivity contribution in [3.8, 4) is 5.69 Å². The molecular weight excluding hydrogens is 206 g/mol. The number of nitrogens with zero attached hydrogens (tertiary/aromatic N) is 3. The van der Waals surface area contributed by atoms with E-state index >= 15 is 0 Å². The lowest BCUT2D eigenvalue weighted by Gasteiger charge is -1.98. The summed E-state index contributed by atoms with van der Waals surface area (Å²) in [5, 5.41) is 16.8. The van der Waals surface area contributed by atoms with Crippen LogP contribution in [0.15, 0.2) is 24.3 Å². The molecule has 0 unspecified atom stereocenters. The first kappa shape index (κ1) is 10.4. The van der Waals surface area contributed by atoms with Crippen molar-refractivity contribution in [2.75, 3.05) is 0 Å². The van der Waals surface area contributed by atoms with Gasteiger partial charge in [-0.1, -0.05) is 17.7 Å².